The van der Waals surface area contributed by atoms with Crippen molar-refractivity contribution in [3.05, 3.63) is 41.0 Å². The Balaban J connectivity index is 2.30. The standard InChI is InChI=1S/C12H15ClN4O2S/c1-16(8-9-7-10(14)3-4-11(9)13)20(18,19)12-5-6-15-17(12)2/h3-7H,8,14H2,1-2H3. The lowest BCUT2D eigenvalue weighted by molar-refractivity contribution is 0.457. The molecule has 0 aliphatic carbocycles. The molecule has 20 heavy (non-hydrogen) atoms. The molecule has 2 rings (SSSR count). The molecule has 0 aliphatic rings. The monoisotopic (exact) mass is 314 g/mol. The Hall–Kier alpha value is -1.57. The van der Waals surface area contributed by atoms with E-state index in [0.29, 0.717) is 16.3 Å². The normalized spacial score (nSPS) is 12.0. The van der Waals surface area contributed by atoms with Gasteiger partial charge in [0.25, 0.3) is 10.0 Å². The first-order valence-electron chi connectivity index (χ1n) is 5.80. The number of aryl methyl sites for hydroxylation is 1. The molecule has 0 saturated heterocycles. The maximum atomic E-state index is 12.4. The summed E-state index contributed by atoms with van der Waals surface area (Å²) >= 11 is 6.05. The first kappa shape index (κ1) is 14.8. The van der Waals surface area contributed by atoms with E-state index in [-0.39, 0.29) is 11.6 Å². The third-order valence-corrected chi connectivity index (χ3v) is 5.16. The van der Waals surface area contributed by atoms with E-state index in [1.807, 2.05) is 0 Å². The number of nitrogens with two attached hydrogens (primary N) is 1. The second-order valence-corrected chi connectivity index (χ2v) is 6.80. The van der Waals surface area contributed by atoms with Gasteiger partial charge in [0.15, 0.2) is 5.03 Å². The van der Waals surface area contributed by atoms with Gasteiger partial charge in [0.2, 0.25) is 0 Å². The van der Waals surface area contributed by atoms with E-state index in [0.717, 1.165) is 0 Å². The number of rotatable bonds is 4. The van der Waals surface area contributed by atoms with Crippen LogP contribution < -0.4 is 5.73 Å². The fourth-order valence-corrected chi connectivity index (χ4v) is 3.23. The number of hydrogen-bond donors (Lipinski definition) is 1. The van der Waals surface area contributed by atoms with E-state index in [4.69, 9.17) is 17.3 Å². The molecule has 0 saturated carbocycles. The third kappa shape index (κ3) is 2.79. The van der Waals surface area contributed by atoms with E-state index in [1.54, 1.807) is 25.2 Å². The van der Waals surface area contributed by atoms with Crippen LogP contribution in [0.3, 0.4) is 0 Å². The molecular formula is C12H15ClN4O2S. The van der Waals surface area contributed by atoms with E-state index >= 15 is 0 Å². The van der Waals surface area contributed by atoms with Gasteiger partial charge < -0.3 is 5.73 Å². The molecule has 6 nitrogen and oxygen atoms in total. The summed E-state index contributed by atoms with van der Waals surface area (Å²) in [6.07, 6.45) is 1.44. The Morgan fingerprint density at radius 3 is 2.70 bits per heavy atom. The van der Waals surface area contributed by atoms with Crippen LogP contribution in [-0.2, 0) is 23.6 Å². The molecular weight excluding hydrogens is 300 g/mol. The summed E-state index contributed by atoms with van der Waals surface area (Å²) in [4.78, 5) is 0. The topological polar surface area (TPSA) is 81.2 Å². The quantitative estimate of drug-likeness (QED) is 0.867. The van der Waals surface area contributed by atoms with Crippen molar-refractivity contribution in [1.29, 1.82) is 0 Å². The zero-order valence-corrected chi connectivity index (χ0v) is 12.7. The number of aromatic nitrogens is 2. The minimum Gasteiger partial charge on any atom is -0.399 e. The number of hydrogen-bond acceptors (Lipinski definition) is 4. The van der Waals surface area contributed by atoms with Gasteiger partial charge in [0.05, 0.1) is 6.20 Å². The molecule has 0 atom stereocenters. The Labute approximate surface area is 122 Å². The predicted octanol–water partition coefficient (Wildman–Crippen LogP) is 1.48. The molecule has 1 heterocycles. The fraction of sp³-hybridized carbons (Fsp3) is 0.250. The molecule has 0 amide bonds. The summed E-state index contributed by atoms with van der Waals surface area (Å²) in [5, 5.41) is 4.47. The summed E-state index contributed by atoms with van der Waals surface area (Å²) in [7, 11) is -0.554. The number of sulfonamides is 1. The predicted molar refractivity (Wildman–Crippen MR) is 77.7 cm³/mol. The van der Waals surface area contributed by atoms with Crippen molar-refractivity contribution in [3.63, 3.8) is 0 Å². The molecule has 2 aromatic rings. The smallest absolute Gasteiger partial charge is 0.260 e. The number of anilines is 1. The minimum absolute atomic E-state index is 0.125. The molecule has 108 valence electrons. The van der Waals surface area contributed by atoms with Gasteiger partial charge in [-0.05, 0) is 29.8 Å². The molecule has 2 N–H and O–H groups in total. The van der Waals surface area contributed by atoms with Crippen molar-refractivity contribution in [2.75, 3.05) is 12.8 Å². The van der Waals surface area contributed by atoms with Crippen molar-refractivity contribution in [2.24, 2.45) is 7.05 Å². The van der Waals surface area contributed by atoms with Crippen molar-refractivity contribution in [3.8, 4) is 0 Å². The van der Waals surface area contributed by atoms with Crippen LogP contribution in [0, 0.1) is 0 Å². The largest absolute Gasteiger partial charge is 0.399 e. The van der Waals surface area contributed by atoms with Crippen LogP contribution in [0.4, 0.5) is 5.69 Å². The average molecular weight is 315 g/mol. The summed E-state index contributed by atoms with van der Waals surface area (Å²) in [6, 6.07) is 6.43. The third-order valence-electron chi connectivity index (χ3n) is 2.91. The zero-order valence-electron chi connectivity index (χ0n) is 11.1. The van der Waals surface area contributed by atoms with Crippen LogP contribution in [0.5, 0.6) is 0 Å². The summed E-state index contributed by atoms with van der Waals surface area (Å²) in [5.74, 6) is 0. The number of nitrogen functional groups attached to an aromatic ring is 1. The maximum Gasteiger partial charge on any atom is 0.260 e. The minimum atomic E-state index is -3.62. The van der Waals surface area contributed by atoms with Gasteiger partial charge in [-0.1, -0.05) is 11.6 Å². The van der Waals surface area contributed by atoms with Crippen LogP contribution in [0.15, 0.2) is 35.5 Å². The van der Waals surface area contributed by atoms with E-state index in [9.17, 15) is 8.42 Å². The lowest BCUT2D eigenvalue weighted by Crippen LogP contribution is -2.28. The second-order valence-electron chi connectivity index (χ2n) is 4.40. The second kappa shape index (κ2) is 5.43. The van der Waals surface area contributed by atoms with Crippen molar-refractivity contribution >= 4 is 27.3 Å². The van der Waals surface area contributed by atoms with Crippen LogP contribution in [0.2, 0.25) is 5.02 Å². The van der Waals surface area contributed by atoms with E-state index in [2.05, 4.69) is 5.10 Å². The summed E-state index contributed by atoms with van der Waals surface area (Å²) in [6.45, 7) is 0.136. The van der Waals surface area contributed by atoms with Crippen LogP contribution in [0.1, 0.15) is 5.56 Å². The van der Waals surface area contributed by atoms with Gasteiger partial charge in [-0.25, -0.2) is 8.42 Å². The maximum absolute atomic E-state index is 12.4. The molecule has 0 unspecified atom stereocenters. The first-order valence-corrected chi connectivity index (χ1v) is 7.62. The molecule has 1 aromatic carbocycles. The Morgan fingerprint density at radius 2 is 2.10 bits per heavy atom. The fourth-order valence-electron chi connectivity index (χ4n) is 1.82. The highest BCUT2D eigenvalue weighted by atomic mass is 35.5. The van der Waals surface area contributed by atoms with Gasteiger partial charge in [-0.3, -0.25) is 4.68 Å². The zero-order chi connectivity index (χ0) is 14.9. The first-order chi connectivity index (χ1) is 9.32. The van der Waals surface area contributed by atoms with Crippen LogP contribution in [0.25, 0.3) is 0 Å². The van der Waals surface area contributed by atoms with Crippen LogP contribution >= 0.6 is 11.6 Å². The number of halogens is 1. The molecule has 0 bridgehead atoms. The summed E-state index contributed by atoms with van der Waals surface area (Å²) < 4.78 is 27.3. The van der Waals surface area contributed by atoms with Crippen molar-refractivity contribution in [2.45, 2.75) is 11.6 Å². The Morgan fingerprint density at radius 1 is 1.40 bits per heavy atom. The SMILES string of the molecule is CN(Cc1cc(N)ccc1Cl)S(=O)(=O)c1ccnn1C. The van der Waals surface area contributed by atoms with Gasteiger partial charge in [-0.15, -0.1) is 0 Å². The summed E-state index contributed by atoms with van der Waals surface area (Å²) in [5.41, 5.74) is 6.88. The lowest BCUT2D eigenvalue weighted by Gasteiger charge is -2.18. The van der Waals surface area contributed by atoms with Gasteiger partial charge in [0, 0.05) is 31.4 Å². The average Bonchev–Trinajstić information content (AvgIpc) is 2.80. The molecule has 0 fully saturated rings. The number of nitrogens with zero attached hydrogens (tertiary/aromatic N) is 3. The van der Waals surface area contributed by atoms with Gasteiger partial charge in [0.1, 0.15) is 0 Å². The highest BCUT2D eigenvalue weighted by molar-refractivity contribution is 7.89. The van der Waals surface area contributed by atoms with E-state index in [1.165, 1.54) is 28.3 Å². The van der Waals surface area contributed by atoms with Gasteiger partial charge in [-0.2, -0.15) is 9.40 Å². The molecule has 8 heteroatoms. The highest BCUT2D eigenvalue weighted by Gasteiger charge is 2.24. The Kier molecular flexibility index (Phi) is 4.03. The lowest BCUT2D eigenvalue weighted by atomic mass is 10.2. The Bertz CT molecular complexity index is 727. The molecule has 0 radical (unpaired) electrons. The molecule has 1 aromatic heterocycles. The molecule has 0 spiro atoms. The van der Waals surface area contributed by atoms with Gasteiger partial charge >= 0.3 is 0 Å². The van der Waals surface area contributed by atoms with Crippen molar-refractivity contribution < 1.29 is 8.42 Å². The van der Waals surface area contributed by atoms with Crippen LogP contribution in [-0.4, -0.2) is 29.6 Å². The van der Waals surface area contributed by atoms with Crippen molar-refractivity contribution in [1.82, 2.24) is 14.1 Å². The molecule has 0 aliphatic heterocycles. The highest BCUT2D eigenvalue weighted by Crippen LogP contribution is 2.22. The van der Waals surface area contributed by atoms with E-state index < -0.39 is 10.0 Å². The number of benzene rings is 1.